The lowest BCUT2D eigenvalue weighted by Gasteiger charge is -2.11. The Kier molecular flexibility index (Phi) is 5.61. The number of carbonyl (C=O) groups excluding carboxylic acids is 1. The molecule has 0 bridgehead atoms. The van der Waals surface area contributed by atoms with Gasteiger partial charge in [0.1, 0.15) is 0 Å². The summed E-state index contributed by atoms with van der Waals surface area (Å²) in [5, 5.41) is 8.64. The first-order valence-corrected chi connectivity index (χ1v) is 10.9. The van der Waals surface area contributed by atoms with Crippen LogP contribution in [0.4, 0.5) is 5.69 Å². The third kappa shape index (κ3) is 5.03. The molecule has 4 aromatic rings. The van der Waals surface area contributed by atoms with Gasteiger partial charge >= 0.3 is 0 Å². The molecule has 0 saturated heterocycles. The number of aromatic nitrogens is 2. The zero-order valence-electron chi connectivity index (χ0n) is 16.3. The maximum atomic E-state index is 13.0. The highest BCUT2D eigenvalue weighted by Crippen LogP contribution is 2.24. The molecule has 0 radical (unpaired) electrons. The topological polar surface area (TPSA) is 127 Å². The van der Waals surface area contributed by atoms with Crippen molar-refractivity contribution in [1.82, 2.24) is 15.3 Å². The summed E-state index contributed by atoms with van der Waals surface area (Å²) in [5.74, 6) is -0.265. The van der Waals surface area contributed by atoms with E-state index in [4.69, 9.17) is 5.14 Å². The van der Waals surface area contributed by atoms with Crippen LogP contribution < -0.4 is 15.2 Å². The summed E-state index contributed by atoms with van der Waals surface area (Å²) >= 11 is 0. The summed E-state index contributed by atoms with van der Waals surface area (Å²) in [6.45, 7) is 0.209. The van der Waals surface area contributed by atoms with Crippen LogP contribution in [0.2, 0.25) is 0 Å². The van der Waals surface area contributed by atoms with Crippen molar-refractivity contribution in [2.75, 3.05) is 4.72 Å². The first-order chi connectivity index (χ1) is 14.9. The molecule has 0 unspecified atom stereocenters. The summed E-state index contributed by atoms with van der Waals surface area (Å²) < 4.78 is 24.7. The van der Waals surface area contributed by atoms with Crippen LogP contribution in [0, 0.1) is 0 Å². The van der Waals surface area contributed by atoms with E-state index in [1.165, 1.54) is 0 Å². The van der Waals surface area contributed by atoms with E-state index in [2.05, 4.69) is 20.0 Å². The van der Waals surface area contributed by atoms with E-state index in [-0.39, 0.29) is 12.5 Å². The van der Waals surface area contributed by atoms with Gasteiger partial charge in [-0.15, -0.1) is 0 Å². The Bertz CT molecular complexity index is 1360. The van der Waals surface area contributed by atoms with Crippen molar-refractivity contribution in [3.05, 3.63) is 90.3 Å². The number of pyridine rings is 2. The summed E-state index contributed by atoms with van der Waals surface area (Å²) in [5.41, 5.74) is 3.78. The van der Waals surface area contributed by atoms with Gasteiger partial charge in [-0.3, -0.25) is 14.5 Å². The van der Waals surface area contributed by atoms with Crippen molar-refractivity contribution < 1.29 is 13.2 Å². The highest BCUT2D eigenvalue weighted by molar-refractivity contribution is 7.90. The second-order valence-corrected chi connectivity index (χ2v) is 8.13. The van der Waals surface area contributed by atoms with Gasteiger partial charge in [-0.25, -0.2) is 10.1 Å². The second kappa shape index (κ2) is 8.50. The number of nitrogens with zero attached hydrogens (tertiary/aromatic N) is 2. The molecule has 2 heterocycles. The Morgan fingerprint density at radius 2 is 1.74 bits per heavy atom. The van der Waals surface area contributed by atoms with Crippen molar-refractivity contribution in [1.29, 1.82) is 0 Å². The lowest BCUT2D eigenvalue weighted by molar-refractivity contribution is 0.0952. The first kappa shape index (κ1) is 20.5. The number of fused-ring (bicyclic) bond motifs is 1. The fourth-order valence-corrected chi connectivity index (χ4v) is 3.68. The van der Waals surface area contributed by atoms with Crippen LogP contribution in [0.15, 0.2) is 79.1 Å². The minimum absolute atomic E-state index is 0.209. The zero-order valence-corrected chi connectivity index (χ0v) is 17.1. The predicted molar refractivity (Wildman–Crippen MR) is 119 cm³/mol. The van der Waals surface area contributed by atoms with Gasteiger partial charge in [0.05, 0.1) is 22.5 Å². The largest absolute Gasteiger partial charge is 0.348 e. The molecule has 4 rings (SSSR count). The van der Waals surface area contributed by atoms with E-state index in [1.54, 1.807) is 42.7 Å². The SMILES string of the molecule is NS(=O)(=O)Nc1cccc(CNC(=O)c2cc(-c3ccncc3)nc3ccccc23)c1. The molecule has 0 aliphatic rings. The molecule has 1 amide bonds. The van der Waals surface area contributed by atoms with Crippen molar-refractivity contribution in [2.45, 2.75) is 6.54 Å². The van der Waals surface area contributed by atoms with Crippen molar-refractivity contribution in [2.24, 2.45) is 5.14 Å². The normalized spacial score (nSPS) is 11.3. The van der Waals surface area contributed by atoms with E-state index in [1.807, 2.05) is 36.4 Å². The minimum Gasteiger partial charge on any atom is -0.348 e. The van der Waals surface area contributed by atoms with Gasteiger partial charge in [-0.1, -0.05) is 30.3 Å². The fraction of sp³-hybridized carbons (Fsp3) is 0.0455. The molecule has 4 N–H and O–H groups in total. The van der Waals surface area contributed by atoms with Gasteiger partial charge in [0, 0.05) is 29.9 Å². The lowest BCUT2D eigenvalue weighted by Crippen LogP contribution is -2.24. The number of amides is 1. The zero-order chi connectivity index (χ0) is 21.8. The second-order valence-electron chi connectivity index (χ2n) is 6.84. The summed E-state index contributed by atoms with van der Waals surface area (Å²) in [6, 6.07) is 19.5. The minimum atomic E-state index is -3.87. The van der Waals surface area contributed by atoms with Gasteiger partial charge in [-0.05, 0) is 42.0 Å². The molecule has 9 heteroatoms. The fourth-order valence-electron chi connectivity index (χ4n) is 3.22. The molecule has 0 aliphatic carbocycles. The molecular formula is C22H19N5O3S. The van der Waals surface area contributed by atoms with Crippen molar-refractivity contribution in [3.63, 3.8) is 0 Å². The number of para-hydroxylation sites is 1. The summed E-state index contributed by atoms with van der Waals surface area (Å²) in [7, 11) is -3.87. The quantitative estimate of drug-likeness (QED) is 0.431. The first-order valence-electron chi connectivity index (χ1n) is 9.37. The Morgan fingerprint density at radius 1 is 0.968 bits per heavy atom. The van der Waals surface area contributed by atoms with Crippen LogP contribution in [0.3, 0.4) is 0 Å². The van der Waals surface area contributed by atoms with Crippen LogP contribution >= 0.6 is 0 Å². The Morgan fingerprint density at radius 3 is 2.52 bits per heavy atom. The third-order valence-corrected chi connectivity index (χ3v) is 5.10. The smallest absolute Gasteiger partial charge is 0.296 e. The molecule has 156 valence electrons. The molecule has 0 saturated carbocycles. The molecule has 0 spiro atoms. The van der Waals surface area contributed by atoms with Crippen LogP contribution in [0.1, 0.15) is 15.9 Å². The number of anilines is 1. The Hall–Kier alpha value is -3.82. The number of benzene rings is 2. The van der Waals surface area contributed by atoms with Gasteiger partial charge < -0.3 is 5.32 Å². The maximum Gasteiger partial charge on any atom is 0.296 e. The Labute approximate surface area is 179 Å². The monoisotopic (exact) mass is 433 g/mol. The standard InChI is InChI=1S/C22H19N5O3S/c23-31(29,30)27-17-5-3-4-15(12-17)14-25-22(28)19-13-21(16-8-10-24-11-9-16)26-20-7-2-1-6-18(19)20/h1-13,27H,14H2,(H,25,28)(H2,23,29,30). The van der Waals surface area contributed by atoms with Gasteiger partial charge in [-0.2, -0.15) is 8.42 Å². The molecular weight excluding hydrogens is 414 g/mol. The molecule has 2 aromatic carbocycles. The molecule has 31 heavy (non-hydrogen) atoms. The van der Waals surface area contributed by atoms with Crippen LogP contribution in [0.5, 0.6) is 0 Å². The number of carbonyl (C=O) groups is 1. The van der Waals surface area contributed by atoms with Gasteiger partial charge in [0.2, 0.25) is 0 Å². The molecule has 0 atom stereocenters. The van der Waals surface area contributed by atoms with Crippen molar-refractivity contribution >= 4 is 32.7 Å². The number of rotatable bonds is 6. The number of hydrogen-bond donors (Lipinski definition) is 3. The number of hydrogen-bond acceptors (Lipinski definition) is 5. The van der Waals surface area contributed by atoms with Crippen LogP contribution in [-0.4, -0.2) is 24.3 Å². The predicted octanol–water partition coefficient (Wildman–Crippen LogP) is 2.84. The summed E-state index contributed by atoms with van der Waals surface area (Å²) in [4.78, 5) is 21.7. The molecule has 0 fully saturated rings. The Balaban J connectivity index is 1.61. The summed E-state index contributed by atoms with van der Waals surface area (Å²) in [6.07, 6.45) is 3.35. The average molecular weight is 433 g/mol. The number of nitrogens with two attached hydrogens (primary N) is 1. The average Bonchev–Trinajstić information content (AvgIpc) is 2.76. The van der Waals surface area contributed by atoms with Gasteiger partial charge in [0.25, 0.3) is 16.1 Å². The van der Waals surface area contributed by atoms with Crippen molar-refractivity contribution in [3.8, 4) is 11.3 Å². The van der Waals surface area contributed by atoms with E-state index in [9.17, 15) is 13.2 Å². The lowest BCUT2D eigenvalue weighted by atomic mass is 10.0. The third-order valence-electron chi connectivity index (χ3n) is 4.58. The molecule has 2 aromatic heterocycles. The highest BCUT2D eigenvalue weighted by atomic mass is 32.2. The number of nitrogens with one attached hydrogen (secondary N) is 2. The molecule has 0 aliphatic heterocycles. The maximum absolute atomic E-state index is 13.0. The van der Waals surface area contributed by atoms with E-state index >= 15 is 0 Å². The van der Waals surface area contributed by atoms with Gasteiger partial charge in [0.15, 0.2) is 0 Å². The van der Waals surface area contributed by atoms with E-state index in [0.29, 0.717) is 22.5 Å². The van der Waals surface area contributed by atoms with Crippen LogP contribution in [-0.2, 0) is 16.8 Å². The van der Waals surface area contributed by atoms with E-state index in [0.717, 1.165) is 16.5 Å². The highest BCUT2D eigenvalue weighted by Gasteiger charge is 2.14. The molecule has 8 nitrogen and oxygen atoms in total. The van der Waals surface area contributed by atoms with Crippen LogP contribution in [0.25, 0.3) is 22.2 Å². The van der Waals surface area contributed by atoms with E-state index < -0.39 is 10.2 Å².